The molecule has 0 aliphatic rings. The first-order chi connectivity index (χ1) is 10.3. The van der Waals surface area contributed by atoms with Crippen molar-refractivity contribution in [1.82, 2.24) is 15.4 Å². The van der Waals surface area contributed by atoms with Crippen molar-refractivity contribution in [3.63, 3.8) is 0 Å². The maximum atomic E-state index is 11.6. The second kappa shape index (κ2) is 7.54. The van der Waals surface area contributed by atoms with Crippen LogP contribution in [0, 0.1) is 0 Å². The van der Waals surface area contributed by atoms with Crippen LogP contribution in [0.3, 0.4) is 0 Å². The highest BCUT2D eigenvalue weighted by Gasteiger charge is 2.03. The number of methoxy groups -OCH3 is 1. The number of nitrogens with one attached hydrogen (secondary N) is 1. The van der Waals surface area contributed by atoms with E-state index >= 15 is 0 Å². The van der Waals surface area contributed by atoms with Gasteiger partial charge in [0.05, 0.1) is 13.3 Å². The van der Waals surface area contributed by atoms with Gasteiger partial charge < -0.3 is 4.74 Å². The monoisotopic (exact) mass is 282 g/mol. The highest BCUT2D eigenvalue weighted by atomic mass is 16.5. The van der Waals surface area contributed by atoms with Crippen molar-refractivity contribution >= 4 is 18.2 Å². The zero-order chi connectivity index (χ0) is 14.9. The molecule has 1 N–H and O–H groups in total. The third kappa shape index (κ3) is 4.24. The van der Waals surface area contributed by atoms with E-state index in [1.807, 2.05) is 30.3 Å². The highest BCUT2D eigenvalue weighted by molar-refractivity contribution is 5.92. The topological polar surface area (TPSA) is 76.5 Å². The predicted molar refractivity (Wildman–Crippen MR) is 80.0 cm³/mol. The van der Waals surface area contributed by atoms with E-state index in [-0.39, 0.29) is 5.69 Å². The number of carbonyl (C=O) groups is 1. The summed E-state index contributed by atoms with van der Waals surface area (Å²) in [6.45, 7) is 0. The molecule has 0 atom stereocenters. The summed E-state index contributed by atoms with van der Waals surface area (Å²) in [5.41, 5.74) is 3.49. The molecule has 21 heavy (non-hydrogen) atoms. The molecular formula is C15H14N4O2. The largest absolute Gasteiger partial charge is 0.496 e. The Bertz CT molecular complexity index is 654. The zero-order valence-electron chi connectivity index (χ0n) is 11.4. The van der Waals surface area contributed by atoms with Crippen LogP contribution in [0.2, 0.25) is 0 Å². The molecule has 0 aliphatic heterocycles. The standard InChI is InChI=1S/C15H14N4O2/c1-21-14-7-3-2-5-12(14)6-4-8-18-19-15(20)13-11-16-9-10-17-13/h2-11H,1H3,(H,19,20)/b6-4+,18-8-. The van der Waals surface area contributed by atoms with E-state index < -0.39 is 5.91 Å². The average molecular weight is 282 g/mol. The van der Waals surface area contributed by atoms with Crippen LogP contribution >= 0.6 is 0 Å². The quantitative estimate of drug-likeness (QED) is 0.671. The molecule has 0 aliphatic carbocycles. The van der Waals surface area contributed by atoms with E-state index in [4.69, 9.17) is 4.74 Å². The molecule has 1 aromatic carbocycles. The molecule has 106 valence electrons. The summed E-state index contributed by atoms with van der Waals surface area (Å²) in [5, 5.41) is 3.80. The Morgan fingerprint density at radius 2 is 2.19 bits per heavy atom. The maximum absolute atomic E-state index is 11.6. The fourth-order valence-electron chi connectivity index (χ4n) is 1.56. The first-order valence-electron chi connectivity index (χ1n) is 6.20. The molecule has 0 saturated carbocycles. The van der Waals surface area contributed by atoms with E-state index in [0.717, 1.165) is 11.3 Å². The lowest BCUT2D eigenvalue weighted by Crippen LogP contribution is -2.18. The molecule has 0 radical (unpaired) electrons. The number of allylic oxidation sites excluding steroid dienone is 1. The Hall–Kier alpha value is -3.02. The molecule has 6 heteroatoms. The number of hydrogen-bond acceptors (Lipinski definition) is 5. The molecule has 1 amide bonds. The van der Waals surface area contributed by atoms with Crippen LogP contribution < -0.4 is 10.2 Å². The van der Waals surface area contributed by atoms with Gasteiger partial charge in [0.25, 0.3) is 5.91 Å². The van der Waals surface area contributed by atoms with Crippen molar-refractivity contribution in [3.05, 3.63) is 60.2 Å². The van der Waals surface area contributed by atoms with E-state index in [9.17, 15) is 4.79 Å². The lowest BCUT2D eigenvalue weighted by atomic mass is 10.2. The minimum atomic E-state index is -0.412. The van der Waals surface area contributed by atoms with E-state index in [2.05, 4.69) is 20.5 Å². The smallest absolute Gasteiger partial charge is 0.291 e. The Morgan fingerprint density at radius 3 is 2.95 bits per heavy atom. The van der Waals surface area contributed by atoms with Gasteiger partial charge in [-0.3, -0.25) is 9.78 Å². The van der Waals surface area contributed by atoms with Crippen LogP contribution in [-0.2, 0) is 0 Å². The summed E-state index contributed by atoms with van der Waals surface area (Å²) >= 11 is 0. The van der Waals surface area contributed by atoms with Gasteiger partial charge in [-0.25, -0.2) is 10.4 Å². The molecule has 0 saturated heterocycles. The number of carbonyl (C=O) groups excluding carboxylic acids is 1. The van der Waals surface area contributed by atoms with Crippen molar-refractivity contribution in [2.24, 2.45) is 5.10 Å². The highest BCUT2D eigenvalue weighted by Crippen LogP contribution is 2.18. The first-order valence-corrected chi connectivity index (χ1v) is 6.20. The number of hydrogen-bond donors (Lipinski definition) is 1. The Morgan fingerprint density at radius 1 is 1.33 bits per heavy atom. The van der Waals surface area contributed by atoms with Gasteiger partial charge in [-0.2, -0.15) is 5.10 Å². The fourth-order valence-corrected chi connectivity index (χ4v) is 1.56. The number of hydrazone groups is 1. The molecule has 1 heterocycles. The summed E-state index contributed by atoms with van der Waals surface area (Å²) in [7, 11) is 1.61. The molecule has 2 aromatic rings. The number of ether oxygens (including phenoxy) is 1. The number of amides is 1. The van der Waals surface area contributed by atoms with Crippen molar-refractivity contribution in [2.45, 2.75) is 0 Å². The summed E-state index contributed by atoms with van der Waals surface area (Å²) in [4.78, 5) is 19.3. The minimum Gasteiger partial charge on any atom is -0.496 e. The SMILES string of the molecule is COc1ccccc1/C=C/C=N\NC(=O)c1cnccn1. The fraction of sp³-hybridized carbons (Fsp3) is 0.0667. The van der Waals surface area contributed by atoms with Crippen LogP contribution in [0.15, 0.2) is 54.0 Å². The van der Waals surface area contributed by atoms with Crippen LogP contribution in [0.1, 0.15) is 16.1 Å². The molecule has 0 bridgehead atoms. The summed E-state index contributed by atoms with van der Waals surface area (Å²) in [6, 6.07) is 7.59. The van der Waals surface area contributed by atoms with Gasteiger partial charge in [0.15, 0.2) is 0 Å². The Labute approximate surface area is 122 Å². The van der Waals surface area contributed by atoms with E-state index in [1.165, 1.54) is 24.8 Å². The van der Waals surface area contributed by atoms with Crippen molar-refractivity contribution in [3.8, 4) is 5.75 Å². The van der Waals surface area contributed by atoms with Crippen LogP contribution in [0.5, 0.6) is 5.75 Å². The third-order valence-electron chi connectivity index (χ3n) is 2.54. The molecule has 2 rings (SSSR count). The van der Waals surface area contributed by atoms with Crippen LogP contribution in [0.4, 0.5) is 0 Å². The molecule has 0 unspecified atom stereocenters. The Kier molecular flexibility index (Phi) is 5.17. The number of aromatic nitrogens is 2. The number of nitrogens with zero attached hydrogens (tertiary/aromatic N) is 3. The number of benzene rings is 1. The number of para-hydroxylation sites is 1. The molecule has 0 spiro atoms. The van der Waals surface area contributed by atoms with Crippen molar-refractivity contribution in [2.75, 3.05) is 7.11 Å². The number of rotatable bonds is 5. The average Bonchev–Trinajstić information content (AvgIpc) is 2.55. The lowest BCUT2D eigenvalue weighted by Gasteiger charge is -2.02. The first kappa shape index (κ1) is 14.4. The predicted octanol–water partition coefficient (Wildman–Crippen LogP) is 1.91. The molecule has 6 nitrogen and oxygen atoms in total. The maximum Gasteiger partial charge on any atom is 0.291 e. The van der Waals surface area contributed by atoms with Crippen molar-refractivity contribution < 1.29 is 9.53 Å². The second-order valence-corrected chi connectivity index (χ2v) is 3.91. The summed E-state index contributed by atoms with van der Waals surface area (Å²) in [5.74, 6) is 0.357. The second-order valence-electron chi connectivity index (χ2n) is 3.91. The van der Waals surface area contributed by atoms with Gasteiger partial charge in [-0.05, 0) is 18.2 Å². The van der Waals surface area contributed by atoms with Gasteiger partial charge >= 0.3 is 0 Å². The van der Waals surface area contributed by atoms with Gasteiger partial charge in [0.1, 0.15) is 11.4 Å². The molecular weight excluding hydrogens is 268 g/mol. The van der Waals surface area contributed by atoms with Gasteiger partial charge in [0.2, 0.25) is 0 Å². The van der Waals surface area contributed by atoms with E-state index in [0.29, 0.717) is 0 Å². The van der Waals surface area contributed by atoms with Gasteiger partial charge in [-0.15, -0.1) is 0 Å². The minimum absolute atomic E-state index is 0.211. The summed E-state index contributed by atoms with van der Waals surface area (Å²) < 4.78 is 5.22. The van der Waals surface area contributed by atoms with Gasteiger partial charge in [0, 0.05) is 24.2 Å². The zero-order valence-corrected chi connectivity index (χ0v) is 11.4. The normalized spacial score (nSPS) is 10.9. The van der Waals surface area contributed by atoms with Crippen LogP contribution in [-0.4, -0.2) is 29.2 Å². The molecule has 0 fully saturated rings. The van der Waals surface area contributed by atoms with Gasteiger partial charge in [-0.1, -0.05) is 18.2 Å². The summed E-state index contributed by atoms with van der Waals surface area (Å²) in [6.07, 6.45) is 9.32. The Balaban J connectivity index is 1.91. The third-order valence-corrected chi connectivity index (χ3v) is 2.54. The van der Waals surface area contributed by atoms with Crippen LogP contribution in [0.25, 0.3) is 6.08 Å². The molecule has 1 aromatic heterocycles. The van der Waals surface area contributed by atoms with E-state index in [1.54, 1.807) is 13.2 Å². The lowest BCUT2D eigenvalue weighted by molar-refractivity contribution is 0.0950. The van der Waals surface area contributed by atoms with Crippen molar-refractivity contribution in [1.29, 1.82) is 0 Å².